The number of sulfonamides is 1. The number of benzene rings is 1. The second-order valence-corrected chi connectivity index (χ2v) is 9.34. The largest absolute Gasteiger partial charge is 0.312 e. The molecule has 1 saturated heterocycles. The molecule has 1 fully saturated rings. The van der Waals surface area contributed by atoms with Crippen LogP contribution in [0.1, 0.15) is 6.42 Å². The van der Waals surface area contributed by atoms with E-state index in [0.717, 1.165) is 0 Å². The molecular formula is C12H17ClN2O4S2. The molecule has 1 aromatic rings. The summed E-state index contributed by atoms with van der Waals surface area (Å²) in [6.07, 6.45) is 0.576. The number of sulfone groups is 1. The molecule has 0 amide bonds. The number of hydrogen-bond donors (Lipinski definition) is 2. The molecule has 1 aliphatic heterocycles. The van der Waals surface area contributed by atoms with Gasteiger partial charge in [0.1, 0.15) is 0 Å². The highest BCUT2D eigenvalue weighted by Gasteiger charge is 2.27. The number of halogens is 1. The van der Waals surface area contributed by atoms with E-state index in [1.54, 1.807) is 0 Å². The van der Waals surface area contributed by atoms with Crippen LogP contribution in [-0.4, -0.2) is 47.5 Å². The molecule has 118 valence electrons. The average Bonchev–Trinajstić information content (AvgIpc) is 2.75. The fourth-order valence-corrected chi connectivity index (χ4v) is 4.98. The highest BCUT2D eigenvalue weighted by atomic mass is 35.5. The summed E-state index contributed by atoms with van der Waals surface area (Å²) in [5.41, 5.74) is 0. The lowest BCUT2D eigenvalue weighted by molar-refractivity contribution is 0.542. The zero-order chi connectivity index (χ0) is 15.5. The zero-order valence-corrected chi connectivity index (χ0v) is 13.6. The number of nitrogens with one attached hydrogen (secondary N) is 2. The third-order valence-electron chi connectivity index (χ3n) is 3.21. The molecule has 0 unspecified atom stereocenters. The topological polar surface area (TPSA) is 92.3 Å². The predicted octanol–water partition coefficient (Wildman–Crippen LogP) is 0.395. The molecule has 1 aliphatic rings. The molecule has 0 bridgehead atoms. The van der Waals surface area contributed by atoms with Crippen molar-refractivity contribution in [2.75, 3.05) is 24.6 Å². The summed E-state index contributed by atoms with van der Waals surface area (Å²) in [6.45, 7) is 0.578. The molecule has 0 spiro atoms. The van der Waals surface area contributed by atoms with Crippen molar-refractivity contribution in [3.05, 3.63) is 29.3 Å². The van der Waals surface area contributed by atoms with Gasteiger partial charge in [-0.25, -0.2) is 21.6 Å². The Labute approximate surface area is 129 Å². The maximum absolute atomic E-state index is 12.0. The quantitative estimate of drug-likeness (QED) is 0.723. The first-order valence-electron chi connectivity index (χ1n) is 6.47. The third-order valence-corrected chi connectivity index (χ3v) is 6.70. The second-order valence-electron chi connectivity index (χ2n) is 4.91. The van der Waals surface area contributed by atoms with E-state index >= 15 is 0 Å². The molecule has 0 aromatic heterocycles. The monoisotopic (exact) mass is 352 g/mol. The maximum Gasteiger partial charge on any atom is 0.240 e. The smallest absolute Gasteiger partial charge is 0.240 e. The Morgan fingerprint density at radius 3 is 2.43 bits per heavy atom. The van der Waals surface area contributed by atoms with Crippen LogP contribution in [0, 0.1) is 0 Å². The summed E-state index contributed by atoms with van der Waals surface area (Å²) < 4.78 is 49.0. The Balaban J connectivity index is 1.79. The van der Waals surface area contributed by atoms with Crippen molar-refractivity contribution in [3.63, 3.8) is 0 Å². The van der Waals surface area contributed by atoms with Gasteiger partial charge >= 0.3 is 0 Å². The van der Waals surface area contributed by atoms with E-state index in [9.17, 15) is 16.8 Å². The molecule has 1 heterocycles. The predicted molar refractivity (Wildman–Crippen MR) is 81.7 cm³/mol. The van der Waals surface area contributed by atoms with Gasteiger partial charge < -0.3 is 5.32 Å². The lowest BCUT2D eigenvalue weighted by Gasteiger charge is -2.11. The van der Waals surface area contributed by atoms with Gasteiger partial charge in [-0.2, -0.15) is 0 Å². The molecule has 2 N–H and O–H groups in total. The first kappa shape index (κ1) is 16.7. The zero-order valence-electron chi connectivity index (χ0n) is 11.2. The fraction of sp³-hybridized carbons (Fsp3) is 0.500. The lowest BCUT2D eigenvalue weighted by Crippen LogP contribution is -2.37. The first-order chi connectivity index (χ1) is 9.78. The molecule has 1 aromatic carbocycles. The van der Waals surface area contributed by atoms with Crippen LogP contribution in [0.4, 0.5) is 0 Å². The Hall–Kier alpha value is -0.670. The van der Waals surface area contributed by atoms with E-state index in [2.05, 4.69) is 10.0 Å². The summed E-state index contributed by atoms with van der Waals surface area (Å²) in [4.78, 5) is 0.148. The van der Waals surface area contributed by atoms with E-state index in [-0.39, 0.29) is 29.0 Å². The number of hydrogen-bond acceptors (Lipinski definition) is 5. The minimum Gasteiger partial charge on any atom is -0.312 e. The van der Waals surface area contributed by atoms with Gasteiger partial charge in [-0.05, 0) is 30.7 Å². The lowest BCUT2D eigenvalue weighted by atomic mass is 10.3. The molecule has 2 rings (SSSR count). The van der Waals surface area contributed by atoms with Gasteiger partial charge in [0.25, 0.3) is 0 Å². The third kappa shape index (κ3) is 4.93. The summed E-state index contributed by atoms with van der Waals surface area (Å²) >= 11 is 5.71. The van der Waals surface area contributed by atoms with Crippen LogP contribution in [0.15, 0.2) is 29.2 Å². The maximum atomic E-state index is 12.0. The molecule has 21 heavy (non-hydrogen) atoms. The van der Waals surface area contributed by atoms with E-state index < -0.39 is 19.9 Å². The minimum absolute atomic E-state index is 0.0879. The van der Waals surface area contributed by atoms with Crippen molar-refractivity contribution in [2.24, 2.45) is 0 Å². The second kappa shape index (κ2) is 6.62. The Bertz CT molecular complexity index is 686. The van der Waals surface area contributed by atoms with Gasteiger partial charge in [0.05, 0.1) is 16.4 Å². The van der Waals surface area contributed by atoms with Crippen LogP contribution < -0.4 is 10.0 Å². The van der Waals surface area contributed by atoms with Crippen molar-refractivity contribution < 1.29 is 16.8 Å². The van der Waals surface area contributed by atoms with Crippen LogP contribution in [0.25, 0.3) is 0 Å². The van der Waals surface area contributed by atoms with Crippen LogP contribution in [0.5, 0.6) is 0 Å². The molecule has 0 saturated carbocycles. The van der Waals surface area contributed by atoms with Crippen molar-refractivity contribution >= 4 is 31.5 Å². The van der Waals surface area contributed by atoms with Crippen molar-refractivity contribution in [1.82, 2.24) is 10.0 Å². The summed E-state index contributed by atoms with van der Waals surface area (Å²) in [5.74, 6) is 0.318. The first-order valence-corrected chi connectivity index (χ1v) is 10.2. The SMILES string of the molecule is O=S1(=O)CC[C@H](NCCNS(=O)(=O)c2ccc(Cl)cc2)C1. The van der Waals surface area contributed by atoms with Gasteiger partial charge in [-0.15, -0.1) is 0 Å². The van der Waals surface area contributed by atoms with Crippen molar-refractivity contribution in [1.29, 1.82) is 0 Å². The summed E-state index contributed by atoms with van der Waals surface area (Å²) in [7, 11) is -6.48. The van der Waals surface area contributed by atoms with Gasteiger partial charge in [-0.1, -0.05) is 11.6 Å². The Morgan fingerprint density at radius 1 is 1.19 bits per heavy atom. The standard InChI is InChI=1S/C12H17ClN2O4S2/c13-10-1-3-12(4-2-10)21(18,19)15-7-6-14-11-5-8-20(16,17)9-11/h1-4,11,14-15H,5-9H2/t11-/m0/s1. The molecular weight excluding hydrogens is 336 g/mol. The van der Waals surface area contributed by atoms with Gasteiger partial charge in [-0.3, -0.25) is 0 Å². The fourth-order valence-electron chi connectivity index (χ4n) is 2.11. The normalized spacial score (nSPS) is 21.5. The van der Waals surface area contributed by atoms with Crippen LogP contribution in [0.3, 0.4) is 0 Å². The van der Waals surface area contributed by atoms with E-state index in [4.69, 9.17) is 11.6 Å². The molecule has 1 atom stereocenters. The Kier molecular flexibility index (Phi) is 5.26. The Morgan fingerprint density at radius 2 is 1.86 bits per heavy atom. The van der Waals surface area contributed by atoms with E-state index in [1.807, 2.05) is 0 Å². The van der Waals surface area contributed by atoms with Gasteiger partial charge in [0.15, 0.2) is 9.84 Å². The molecule has 0 aliphatic carbocycles. The van der Waals surface area contributed by atoms with Crippen molar-refractivity contribution in [3.8, 4) is 0 Å². The summed E-state index contributed by atoms with van der Waals surface area (Å²) in [6, 6.07) is 5.80. The van der Waals surface area contributed by atoms with Crippen LogP contribution in [-0.2, 0) is 19.9 Å². The molecule has 0 radical (unpaired) electrons. The van der Waals surface area contributed by atoms with Crippen LogP contribution >= 0.6 is 11.6 Å². The minimum atomic E-state index is -3.56. The van der Waals surface area contributed by atoms with Gasteiger partial charge in [0.2, 0.25) is 10.0 Å². The molecule has 6 nitrogen and oxygen atoms in total. The van der Waals surface area contributed by atoms with Crippen molar-refractivity contribution in [2.45, 2.75) is 17.4 Å². The average molecular weight is 353 g/mol. The van der Waals surface area contributed by atoms with Crippen LogP contribution in [0.2, 0.25) is 5.02 Å². The highest BCUT2D eigenvalue weighted by Crippen LogP contribution is 2.13. The summed E-state index contributed by atoms with van der Waals surface area (Å²) in [5, 5.41) is 3.51. The number of rotatable bonds is 6. The molecule has 9 heteroatoms. The highest BCUT2D eigenvalue weighted by molar-refractivity contribution is 7.91. The van der Waals surface area contributed by atoms with E-state index in [0.29, 0.717) is 18.0 Å². The van der Waals surface area contributed by atoms with Gasteiger partial charge in [0, 0.05) is 24.2 Å². The van der Waals surface area contributed by atoms with E-state index in [1.165, 1.54) is 24.3 Å².